The van der Waals surface area contributed by atoms with Gasteiger partial charge in [-0.05, 0) is 35.7 Å². The first-order chi connectivity index (χ1) is 9.19. The van der Waals surface area contributed by atoms with Gasteiger partial charge in [0.2, 0.25) is 0 Å². The van der Waals surface area contributed by atoms with Crippen molar-refractivity contribution in [2.45, 2.75) is 12.5 Å². The highest BCUT2D eigenvalue weighted by atomic mass is 35.5. The molecule has 0 unspecified atom stereocenters. The summed E-state index contributed by atoms with van der Waals surface area (Å²) < 4.78 is 5.01. The zero-order valence-corrected chi connectivity index (χ0v) is 10.9. The summed E-state index contributed by atoms with van der Waals surface area (Å²) in [5.41, 5.74) is 1.04. The van der Waals surface area contributed by atoms with Crippen molar-refractivity contribution in [3.05, 3.63) is 59.0 Å². The fourth-order valence-electron chi connectivity index (χ4n) is 1.75. The second kappa shape index (κ2) is 6.41. The Morgan fingerprint density at radius 2 is 2.00 bits per heavy atom. The molecule has 19 heavy (non-hydrogen) atoms. The molecule has 4 nitrogen and oxygen atoms in total. The quantitative estimate of drug-likeness (QED) is 0.882. The number of hydrogen-bond acceptors (Lipinski definition) is 3. The number of rotatable bonds is 5. The maximum atomic E-state index is 11.8. The number of amides is 1. The summed E-state index contributed by atoms with van der Waals surface area (Å²) in [4.78, 5) is 11.8. The first kappa shape index (κ1) is 13.6. The molecule has 0 aliphatic carbocycles. The number of carbonyl (C=O) groups excluding carboxylic acids is 1. The summed E-state index contributed by atoms with van der Waals surface area (Å²) in [5, 5.41) is 12.2. The Balaban J connectivity index is 1.97. The van der Waals surface area contributed by atoms with Crippen LogP contribution >= 0.6 is 11.6 Å². The Morgan fingerprint density at radius 1 is 1.26 bits per heavy atom. The van der Waals surface area contributed by atoms with E-state index in [0.717, 1.165) is 5.56 Å². The molecular weight excluding hydrogens is 266 g/mol. The Bertz CT molecular complexity index is 539. The van der Waals surface area contributed by atoms with Crippen LogP contribution in [0.4, 0.5) is 0 Å². The van der Waals surface area contributed by atoms with Gasteiger partial charge in [0.15, 0.2) is 11.0 Å². The highest BCUT2D eigenvalue weighted by Crippen LogP contribution is 2.13. The lowest BCUT2D eigenvalue weighted by molar-refractivity contribution is 0.0888. The van der Waals surface area contributed by atoms with Gasteiger partial charge in [-0.15, -0.1) is 0 Å². The number of benzene rings is 1. The zero-order valence-electron chi connectivity index (χ0n) is 10.2. The molecule has 2 aromatic rings. The molecule has 2 rings (SSSR count). The molecular formula is C14H14ClNO3. The summed E-state index contributed by atoms with van der Waals surface area (Å²) in [7, 11) is 0. The fraction of sp³-hybridized carbons (Fsp3) is 0.214. The molecule has 0 spiro atoms. The number of aliphatic hydroxyl groups is 1. The van der Waals surface area contributed by atoms with Crippen molar-refractivity contribution >= 4 is 17.5 Å². The van der Waals surface area contributed by atoms with Crippen molar-refractivity contribution in [2.24, 2.45) is 0 Å². The minimum absolute atomic E-state index is 0.136. The van der Waals surface area contributed by atoms with Crippen LogP contribution < -0.4 is 5.32 Å². The summed E-state index contributed by atoms with van der Waals surface area (Å²) in [6.07, 6.45) is 0.553. The SMILES string of the molecule is O=C(N[C@H](CO)Cc1ccccc1)c1ccc(Cl)o1. The van der Waals surface area contributed by atoms with Crippen LogP contribution in [0.5, 0.6) is 0 Å². The summed E-state index contributed by atoms with van der Waals surface area (Å²) >= 11 is 5.61. The van der Waals surface area contributed by atoms with E-state index in [0.29, 0.717) is 6.42 Å². The number of furan rings is 1. The maximum Gasteiger partial charge on any atom is 0.287 e. The lowest BCUT2D eigenvalue weighted by Gasteiger charge is -2.15. The second-order valence-electron chi connectivity index (χ2n) is 4.15. The van der Waals surface area contributed by atoms with Gasteiger partial charge in [-0.2, -0.15) is 0 Å². The highest BCUT2D eigenvalue weighted by molar-refractivity contribution is 6.29. The van der Waals surface area contributed by atoms with Crippen molar-refractivity contribution in [1.82, 2.24) is 5.32 Å². The van der Waals surface area contributed by atoms with Gasteiger partial charge >= 0.3 is 0 Å². The fourth-order valence-corrected chi connectivity index (χ4v) is 1.90. The Hall–Kier alpha value is -1.78. The van der Waals surface area contributed by atoms with E-state index in [9.17, 15) is 9.90 Å². The second-order valence-corrected chi connectivity index (χ2v) is 4.52. The topological polar surface area (TPSA) is 62.5 Å². The van der Waals surface area contributed by atoms with Gasteiger partial charge < -0.3 is 14.8 Å². The summed E-state index contributed by atoms with van der Waals surface area (Å²) in [5.74, 6) is -0.251. The molecule has 1 aromatic heterocycles. The number of carbonyl (C=O) groups is 1. The van der Waals surface area contributed by atoms with E-state index in [-0.39, 0.29) is 29.5 Å². The van der Waals surface area contributed by atoms with Crippen LogP contribution in [-0.2, 0) is 6.42 Å². The molecule has 2 N–H and O–H groups in total. The van der Waals surface area contributed by atoms with Crippen LogP contribution in [0, 0.1) is 0 Å². The van der Waals surface area contributed by atoms with E-state index >= 15 is 0 Å². The number of hydrogen-bond donors (Lipinski definition) is 2. The Labute approximate surface area is 116 Å². The van der Waals surface area contributed by atoms with Crippen LogP contribution in [0.25, 0.3) is 0 Å². The minimum atomic E-state index is -0.387. The van der Waals surface area contributed by atoms with Crippen molar-refractivity contribution < 1.29 is 14.3 Å². The summed E-state index contributed by atoms with van der Waals surface area (Å²) in [6, 6.07) is 12.3. The van der Waals surface area contributed by atoms with E-state index in [1.54, 1.807) is 0 Å². The van der Waals surface area contributed by atoms with Crippen LogP contribution in [0.3, 0.4) is 0 Å². The summed E-state index contributed by atoms with van der Waals surface area (Å²) in [6.45, 7) is -0.144. The Kier molecular flexibility index (Phi) is 4.60. The van der Waals surface area contributed by atoms with Crippen LogP contribution in [-0.4, -0.2) is 23.7 Å². The smallest absolute Gasteiger partial charge is 0.287 e. The maximum absolute atomic E-state index is 11.8. The van der Waals surface area contributed by atoms with E-state index in [1.807, 2.05) is 30.3 Å². The first-order valence-electron chi connectivity index (χ1n) is 5.90. The zero-order chi connectivity index (χ0) is 13.7. The molecule has 0 aliphatic rings. The van der Waals surface area contributed by atoms with Crippen LogP contribution in [0.15, 0.2) is 46.9 Å². The predicted molar refractivity (Wildman–Crippen MR) is 72.2 cm³/mol. The lowest BCUT2D eigenvalue weighted by Crippen LogP contribution is -2.38. The van der Waals surface area contributed by atoms with E-state index in [4.69, 9.17) is 16.0 Å². The predicted octanol–water partition coefficient (Wildman–Crippen LogP) is 2.27. The Morgan fingerprint density at radius 3 is 2.58 bits per heavy atom. The number of aliphatic hydroxyl groups excluding tert-OH is 1. The van der Waals surface area contributed by atoms with Gasteiger partial charge in [-0.25, -0.2) is 0 Å². The van der Waals surface area contributed by atoms with E-state index in [1.165, 1.54) is 12.1 Å². The molecule has 0 saturated carbocycles. The molecule has 1 atom stereocenters. The molecule has 1 aromatic carbocycles. The monoisotopic (exact) mass is 279 g/mol. The number of nitrogens with one attached hydrogen (secondary N) is 1. The number of halogens is 1. The normalized spacial score (nSPS) is 12.1. The van der Waals surface area contributed by atoms with Gasteiger partial charge in [0.25, 0.3) is 5.91 Å². The minimum Gasteiger partial charge on any atom is -0.440 e. The third-order valence-electron chi connectivity index (χ3n) is 2.68. The van der Waals surface area contributed by atoms with Gasteiger partial charge in [-0.3, -0.25) is 4.79 Å². The van der Waals surface area contributed by atoms with Crippen LogP contribution in [0.2, 0.25) is 5.22 Å². The molecule has 0 radical (unpaired) electrons. The molecule has 0 saturated heterocycles. The molecule has 0 bridgehead atoms. The standard InChI is InChI=1S/C14H14ClNO3/c15-13-7-6-12(19-13)14(18)16-11(9-17)8-10-4-2-1-3-5-10/h1-7,11,17H,8-9H2,(H,16,18)/t11-/m0/s1. The third-order valence-corrected chi connectivity index (χ3v) is 2.88. The first-order valence-corrected chi connectivity index (χ1v) is 6.28. The van der Waals surface area contributed by atoms with Gasteiger partial charge in [0.05, 0.1) is 12.6 Å². The van der Waals surface area contributed by atoms with Crippen molar-refractivity contribution in [3.63, 3.8) is 0 Å². The molecule has 100 valence electrons. The average Bonchev–Trinajstić information content (AvgIpc) is 2.86. The largest absolute Gasteiger partial charge is 0.440 e. The van der Waals surface area contributed by atoms with Crippen molar-refractivity contribution in [3.8, 4) is 0 Å². The molecule has 5 heteroatoms. The van der Waals surface area contributed by atoms with Gasteiger partial charge in [0, 0.05) is 0 Å². The van der Waals surface area contributed by atoms with Crippen molar-refractivity contribution in [1.29, 1.82) is 0 Å². The van der Waals surface area contributed by atoms with Gasteiger partial charge in [0.1, 0.15) is 0 Å². The molecule has 0 aliphatic heterocycles. The van der Waals surface area contributed by atoms with Crippen LogP contribution in [0.1, 0.15) is 16.1 Å². The molecule has 0 fully saturated rings. The van der Waals surface area contributed by atoms with E-state index in [2.05, 4.69) is 5.32 Å². The lowest BCUT2D eigenvalue weighted by atomic mass is 10.1. The molecule has 1 amide bonds. The highest BCUT2D eigenvalue weighted by Gasteiger charge is 2.16. The average molecular weight is 280 g/mol. The van der Waals surface area contributed by atoms with Crippen molar-refractivity contribution in [2.75, 3.05) is 6.61 Å². The van der Waals surface area contributed by atoms with Gasteiger partial charge in [-0.1, -0.05) is 30.3 Å². The van der Waals surface area contributed by atoms with E-state index < -0.39 is 0 Å². The molecule has 1 heterocycles. The third kappa shape index (κ3) is 3.84.